The minimum absolute atomic E-state index is 0.0148. The zero-order chi connectivity index (χ0) is 32.1. The minimum atomic E-state index is -1.32. The van der Waals surface area contributed by atoms with Crippen molar-refractivity contribution in [1.82, 2.24) is 9.13 Å². The number of nitrogens with zero attached hydrogens (tertiary/aromatic N) is 2. The van der Waals surface area contributed by atoms with E-state index in [1.165, 1.54) is 10.8 Å². The summed E-state index contributed by atoms with van der Waals surface area (Å²) in [6, 6.07) is 19.4. The Morgan fingerprint density at radius 3 is 2.13 bits per heavy atom. The first-order valence-electron chi connectivity index (χ1n) is 14.0. The highest BCUT2D eigenvalue weighted by Crippen LogP contribution is 2.33. The Kier molecular flexibility index (Phi) is 11.4. The average Bonchev–Trinajstić information content (AvgIpc) is 3.32. The van der Waals surface area contributed by atoms with Crippen LogP contribution >= 0.6 is 46.4 Å². The number of hydrogen-bond acceptors (Lipinski definition) is 7. The van der Waals surface area contributed by atoms with Gasteiger partial charge in [-0.15, -0.1) is 0 Å². The zero-order valence-electron chi connectivity index (χ0n) is 24.1. The van der Waals surface area contributed by atoms with Crippen LogP contribution < -0.4 is 11.2 Å². The number of ether oxygens (including phenoxy) is 4. The van der Waals surface area contributed by atoms with Crippen LogP contribution in [-0.2, 0) is 45.5 Å². The fourth-order valence-electron chi connectivity index (χ4n) is 4.92. The van der Waals surface area contributed by atoms with E-state index in [0.29, 0.717) is 31.2 Å². The molecule has 3 aromatic carbocycles. The molecule has 5 rings (SSSR count). The zero-order valence-corrected chi connectivity index (χ0v) is 27.1. The topological polar surface area (TPSA) is 101 Å². The number of aliphatic hydroxyl groups excluding tert-OH is 1. The molecule has 0 spiro atoms. The van der Waals surface area contributed by atoms with E-state index < -0.39 is 35.8 Å². The summed E-state index contributed by atoms with van der Waals surface area (Å²) in [5.74, 6) is 0. The summed E-state index contributed by atoms with van der Waals surface area (Å²) in [5.41, 5.74) is 1.27. The van der Waals surface area contributed by atoms with Gasteiger partial charge in [-0.25, -0.2) is 9.36 Å². The first-order valence-corrected chi connectivity index (χ1v) is 15.5. The van der Waals surface area contributed by atoms with Crippen LogP contribution in [0.4, 0.5) is 0 Å². The summed E-state index contributed by atoms with van der Waals surface area (Å²) in [4.78, 5) is 26.5. The Bertz CT molecular complexity index is 1750. The Morgan fingerprint density at radius 1 is 0.844 bits per heavy atom. The van der Waals surface area contributed by atoms with E-state index in [0.717, 1.165) is 10.1 Å². The van der Waals surface area contributed by atoms with Crippen molar-refractivity contribution in [3.63, 3.8) is 0 Å². The molecule has 0 saturated carbocycles. The summed E-state index contributed by atoms with van der Waals surface area (Å²) < 4.78 is 26.1. The van der Waals surface area contributed by atoms with Gasteiger partial charge in [-0.05, 0) is 47.9 Å². The van der Waals surface area contributed by atoms with Crippen molar-refractivity contribution < 1.29 is 24.1 Å². The molecule has 238 valence electrons. The van der Waals surface area contributed by atoms with Gasteiger partial charge in [-0.3, -0.25) is 9.36 Å². The second-order valence-corrected chi connectivity index (χ2v) is 12.2. The molecule has 4 aromatic rings. The standard InChI is InChI=1S/C32H30Cl4N2O7/c1-19-13-37(32(41)38(30(19)40)18-43-14-20-5-3-2-4-6-20)31-28(39)29(44-16-22-8-10-24(34)12-26(22)36)27(45-31)17-42-15-21-7-9-23(33)11-25(21)35/h2-13,27-29,31,39H,14-18H2,1H3/t27-,28-,29-,31-/m1/s1. The lowest BCUT2D eigenvalue weighted by Crippen LogP contribution is -2.45. The highest BCUT2D eigenvalue weighted by molar-refractivity contribution is 6.35. The molecule has 1 aliphatic heterocycles. The second kappa shape index (κ2) is 15.3. The molecule has 13 heteroatoms. The molecule has 0 bridgehead atoms. The van der Waals surface area contributed by atoms with E-state index in [1.54, 1.807) is 43.3 Å². The van der Waals surface area contributed by atoms with Gasteiger partial charge in [-0.1, -0.05) is 88.9 Å². The van der Waals surface area contributed by atoms with E-state index in [9.17, 15) is 14.7 Å². The van der Waals surface area contributed by atoms with Crippen LogP contribution in [0.5, 0.6) is 0 Å². The number of hydrogen-bond donors (Lipinski definition) is 1. The third-order valence-corrected chi connectivity index (χ3v) is 8.46. The Labute approximate surface area is 279 Å². The van der Waals surface area contributed by atoms with Crippen molar-refractivity contribution in [2.45, 2.75) is 58.0 Å². The van der Waals surface area contributed by atoms with Crippen LogP contribution in [0.2, 0.25) is 20.1 Å². The van der Waals surface area contributed by atoms with Gasteiger partial charge < -0.3 is 24.1 Å². The van der Waals surface area contributed by atoms with E-state index in [-0.39, 0.29) is 38.7 Å². The summed E-state index contributed by atoms with van der Waals surface area (Å²) in [5, 5.41) is 13.3. The van der Waals surface area contributed by atoms with Gasteiger partial charge in [0.15, 0.2) is 6.23 Å². The number of aryl methyl sites for hydroxylation is 1. The van der Waals surface area contributed by atoms with E-state index in [2.05, 4.69) is 0 Å². The molecule has 9 nitrogen and oxygen atoms in total. The van der Waals surface area contributed by atoms with Crippen LogP contribution in [-0.4, -0.2) is 39.2 Å². The molecule has 45 heavy (non-hydrogen) atoms. The quantitative estimate of drug-likeness (QED) is 0.189. The van der Waals surface area contributed by atoms with Crippen molar-refractivity contribution >= 4 is 46.4 Å². The van der Waals surface area contributed by atoms with Gasteiger partial charge in [0.2, 0.25) is 0 Å². The summed E-state index contributed by atoms with van der Waals surface area (Å²) in [7, 11) is 0. The molecule has 1 aromatic heterocycles. The molecule has 1 aliphatic rings. The third kappa shape index (κ3) is 8.18. The van der Waals surface area contributed by atoms with E-state index in [1.807, 2.05) is 30.3 Å². The van der Waals surface area contributed by atoms with Gasteiger partial charge in [0.05, 0.1) is 26.4 Å². The monoisotopic (exact) mass is 694 g/mol. The van der Waals surface area contributed by atoms with Crippen LogP contribution in [0.25, 0.3) is 0 Å². The predicted molar refractivity (Wildman–Crippen MR) is 172 cm³/mol. The molecule has 0 radical (unpaired) electrons. The SMILES string of the molecule is Cc1cn([C@@H]2O[C@H](COCc3ccc(Cl)cc3Cl)[C@@H](OCc3ccc(Cl)cc3Cl)[C@H]2O)c(=O)n(COCc2ccccc2)c1=O. The van der Waals surface area contributed by atoms with Crippen molar-refractivity contribution in [2.24, 2.45) is 0 Å². The lowest BCUT2D eigenvalue weighted by atomic mass is 10.1. The van der Waals surface area contributed by atoms with Crippen molar-refractivity contribution in [3.8, 4) is 0 Å². The fourth-order valence-corrected chi connectivity index (χ4v) is 5.85. The molecule has 0 unspecified atom stereocenters. The normalized spacial score (nSPS) is 19.7. The molecule has 2 heterocycles. The van der Waals surface area contributed by atoms with E-state index >= 15 is 0 Å². The summed E-state index contributed by atoms with van der Waals surface area (Å²) >= 11 is 24.7. The summed E-state index contributed by atoms with van der Waals surface area (Å²) in [6.07, 6.45) is -2.92. The Morgan fingerprint density at radius 2 is 1.49 bits per heavy atom. The average molecular weight is 696 g/mol. The maximum Gasteiger partial charge on any atom is 0.335 e. The predicted octanol–water partition coefficient (Wildman–Crippen LogP) is 6.17. The number of halogens is 4. The van der Waals surface area contributed by atoms with Gasteiger partial charge in [0.25, 0.3) is 5.56 Å². The van der Waals surface area contributed by atoms with Crippen molar-refractivity contribution in [3.05, 3.63) is 136 Å². The summed E-state index contributed by atoms with van der Waals surface area (Å²) in [6.45, 7) is 1.62. The Hall–Kier alpha value is -2.70. The lowest BCUT2D eigenvalue weighted by Gasteiger charge is -2.22. The van der Waals surface area contributed by atoms with Gasteiger partial charge in [-0.2, -0.15) is 0 Å². The first kappa shape index (κ1) is 33.7. The van der Waals surface area contributed by atoms with Crippen LogP contribution in [0.3, 0.4) is 0 Å². The van der Waals surface area contributed by atoms with Crippen molar-refractivity contribution in [1.29, 1.82) is 0 Å². The molecule has 0 aliphatic carbocycles. The maximum atomic E-state index is 13.6. The maximum absolute atomic E-state index is 13.6. The number of aliphatic hydroxyl groups is 1. The van der Waals surface area contributed by atoms with Crippen molar-refractivity contribution in [2.75, 3.05) is 6.61 Å². The molecular formula is C32H30Cl4N2O7. The first-order chi connectivity index (χ1) is 21.6. The molecule has 0 amide bonds. The number of aromatic nitrogens is 2. The van der Waals surface area contributed by atoms with Crippen LogP contribution in [0, 0.1) is 6.92 Å². The van der Waals surface area contributed by atoms with Crippen LogP contribution in [0.1, 0.15) is 28.5 Å². The number of rotatable bonds is 12. The molecule has 1 fully saturated rings. The highest BCUT2D eigenvalue weighted by atomic mass is 35.5. The minimum Gasteiger partial charge on any atom is -0.386 e. The van der Waals surface area contributed by atoms with E-state index in [4.69, 9.17) is 65.4 Å². The Balaban J connectivity index is 1.37. The second-order valence-electron chi connectivity index (χ2n) is 10.5. The highest BCUT2D eigenvalue weighted by Gasteiger charge is 2.46. The van der Waals surface area contributed by atoms with Crippen LogP contribution in [0.15, 0.2) is 82.5 Å². The molecule has 4 atom stereocenters. The number of benzene rings is 3. The molecular weight excluding hydrogens is 666 g/mol. The molecule has 1 saturated heterocycles. The van der Waals surface area contributed by atoms with Gasteiger partial charge in [0, 0.05) is 31.9 Å². The smallest absolute Gasteiger partial charge is 0.335 e. The lowest BCUT2D eigenvalue weighted by molar-refractivity contribution is -0.0837. The van der Waals surface area contributed by atoms with Gasteiger partial charge >= 0.3 is 5.69 Å². The largest absolute Gasteiger partial charge is 0.386 e. The fraction of sp³-hybridized carbons (Fsp3) is 0.312. The third-order valence-electron chi connectivity index (χ3n) is 7.28. The van der Waals surface area contributed by atoms with Gasteiger partial charge in [0.1, 0.15) is 25.0 Å². The molecule has 1 N–H and O–H groups in total.